The second-order valence-electron chi connectivity index (χ2n) is 4.73. The van der Waals surface area contributed by atoms with Gasteiger partial charge in [0.2, 0.25) is 0 Å². The summed E-state index contributed by atoms with van der Waals surface area (Å²) in [5, 5.41) is 0. The van der Waals surface area contributed by atoms with Crippen molar-refractivity contribution in [2.24, 2.45) is 0 Å². The van der Waals surface area contributed by atoms with Crippen LogP contribution in [-0.2, 0) is 6.42 Å². The minimum absolute atomic E-state index is 0.0401. The maximum absolute atomic E-state index is 13.0. The smallest absolute Gasteiger partial charge is 0.163 e. The van der Waals surface area contributed by atoms with Crippen molar-refractivity contribution in [3.05, 3.63) is 65.0 Å². The highest BCUT2D eigenvalue weighted by atomic mass is 19.1. The van der Waals surface area contributed by atoms with E-state index in [1.807, 2.05) is 24.3 Å². The molecule has 0 N–H and O–H groups in total. The Morgan fingerprint density at radius 1 is 1.15 bits per heavy atom. The van der Waals surface area contributed by atoms with E-state index in [9.17, 15) is 9.18 Å². The summed E-state index contributed by atoms with van der Waals surface area (Å²) in [5.74, 6) is 0.530. The minimum Gasteiger partial charge on any atom is -0.497 e. The van der Waals surface area contributed by atoms with Crippen LogP contribution in [0, 0.1) is 12.7 Å². The Morgan fingerprint density at radius 2 is 1.85 bits per heavy atom. The number of ketones is 1. The molecule has 0 aliphatic rings. The van der Waals surface area contributed by atoms with E-state index in [2.05, 4.69) is 0 Å². The highest BCUT2D eigenvalue weighted by Crippen LogP contribution is 2.16. The van der Waals surface area contributed by atoms with Gasteiger partial charge in [-0.1, -0.05) is 12.1 Å². The van der Waals surface area contributed by atoms with Gasteiger partial charge in [0.15, 0.2) is 5.78 Å². The fraction of sp³-hybridized carbons (Fsp3) is 0.235. The molecule has 2 aromatic carbocycles. The van der Waals surface area contributed by atoms with Gasteiger partial charge in [0, 0.05) is 12.0 Å². The molecule has 0 spiro atoms. The van der Waals surface area contributed by atoms with Gasteiger partial charge in [-0.25, -0.2) is 4.39 Å². The summed E-state index contributed by atoms with van der Waals surface area (Å²) < 4.78 is 18.1. The van der Waals surface area contributed by atoms with Gasteiger partial charge in [0.1, 0.15) is 11.6 Å². The Labute approximate surface area is 118 Å². The predicted octanol–water partition coefficient (Wildman–Crippen LogP) is 3.96. The molecule has 0 fully saturated rings. The van der Waals surface area contributed by atoms with Crippen LogP contribution in [0.15, 0.2) is 42.5 Å². The second kappa shape index (κ2) is 6.33. The van der Waals surface area contributed by atoms with E-state index in [0.29, 0.717) is 24.0 Å². The van der Waals surface area contributed by atoms with Crippen molar-refractivity contribution in [1.29, 1.82) is 0 Å². The first kappa shape index (κ1) is 14.3. The number of aryl methyl sites for hydroxylation is 2. The van der Waals surface area contributed by atoms with Crippen molar-refractivity contribution in [2.75, 3.05) is 7.11 Å². The second-order valence-corrected chi connectivity index (χ2v) is 4.73. The van der Waals surface area contributed by atoms with Crippen molar-refractivity contribution in [2.45, 2.75) is 19.8 Å². The number of halogens is 1. The number of carbonyl (C=O) groups is 1. The lowest BCUT2D eigenvalue weighted by molar-refractivity contribution is 0.0982. The Balaban J connectivity index is 2.00. The highest BCUT2D eigenvalue weighted by Gasteiger charge is 2.10. The lowest BCUT2D eigenvalue weighted by Crippen LogP contribution is -2.04. The van der Waals surface area contributed by atoms with Gasteiger partial charge in [-0.15, -0.1) is 0 Å². The molecule has 0 saturated heterocycles. The summed E-state index contributed by atoms with van der Waals surface area (Å²) in [4.78, 5) is 12.1. The van der Waals surface area contributed by atoms with Crippen LogP contribution in [-0.4, -0.2) is 12.9 Å². The molecular weight excluding hydrogens is 255 g/mol. The highest BCUT2D eigenvalue weighted by molar-refractivity contribution is 5.97. The number of rotatable bonds is 5. The lowest BCUT2D eigenvalue weighted by Gasteiger charge is -2.06. The first-order chi connectivity index (χ1) is 9.60. The third kappa shape index (κ3) is 3.44. The van der Waals surface area contributed by atoms with Gasteiger partial charge < -0.3 is 4.74 Å². The van der Waals surface area contributed by atoms with Crippen molar-refractivity contribution in [3.63, 3.8) is 0 Å². The molecule has 104 valence electrons. The van der Waals surface area contributed by atoms with E-state index >= 15 is 0 Å². The van der Waals surface area contributed by atoms with Gasteiger partial charge in [0.05, 0.1) is 7.11 Å². The summed E-state index contributed by atoms with van der Waals surface area (Å²) in [6.07, 6.45) is 1.08. The Bertz CT molecular complexity index is 603. The van der Waals surface area contributed by atoms with Gasteiger partial charge in [0.25, 0.3) is 0 Å². The number of methoxy groups -OCH3 is 1. The van der Waals surface area contributed by atoms with Crippen LogP contribution in [0.3, 0.4) is 0 Å². The quantitative estimate of drug-likeness (QED) is 0.770. The van der Waals surface area contributed by atoms with Crippen LogP contribution >= 0.6 is 0 Å². The van der Waals surface area contributed by atoms with E-state index in [4.69, 9.17) is 4.74 Å². The molecule has 20 heavy (non-hydrogen) atoms. The Kier molecular flexibility index (Phi) is 4.51. The number of hydrogen-bond acceptors (Lipinski definition) is 2. The molecule has 0 saturated carbocycles. The molecule has 0 radical (unpaired) electrons. The first-order valence-electron chi connectivity index (χ1n) is 6.52. The molecule has 0 amide bonds. The number of hydrogen-bond donors (Lipinski definition) is 0. The standard InChI is InChI=1S/C17H17FO2/c1-12-11-14(18)6-9-16(12)17(19)10-5-13-3-7-15(20-2)8-4-13/h3-4,6-9,11H,5,10H2,1-2H3. The molecule has 2 nitrogen and oxygen atoms in total. The molecule has 0 aromatic heterocycles. The largest absolute Gasteiger partial charge is 0.497 e. The first-order valence-corrected chi connectivity index (χ1v) is 6.52. The van der Waals surface area contributed by atoms with Crippen molar-refractivity contribution < 1.29 is 13.9 Å². The molecule has 0 unspecified atom stereocenters. The molecule has 3 heteroatoms. The third-order valence-electron chi connectivity index (χ3n) is 3.29. The van der Waals surface area contributed by atoms with Crippen LogP contribution in [0.5, 0.6) is 5.75 Å². The molecule has 2 aromatic rings. The van der Waals surface area contributed by atoms with Crippen LogP contribution < -0.4 is 4.74 Å². The van der Waals surface area contributed by atoms with E-state index in [0.717, 1.165) is 11.3 Å². The van der Waals surface area contributed by atoms with E-state index in [1.165, 1.54) is 12.1 Å². The minimum atomic E-state index is -0.311. The van der Waals surface area contributed by atoms with Gasteiger partial charge in [-0.2, -0.15) is 0 Å². The van der Waals surface area contributed by atoms with E-state index < -0.39 is 0 Å². The van der Waals surface area contributed by atoms with Crippen LogP contribution in [0.4, 0.5) is 4.39 Å². The number of Topliss-reactive ketones (excluding diaryl/α,β-unsaturated/α-hetero) is 1. The molecule has 2 rings (SSSR count). The van der Waals surface area contributed by atoms with Gasteiger partial charge >= 0.3 is 0 Å². The summed E-state index contributed by atoms with van der Waals surface area (Å²) in [5.41, 5.74) is 2.36. The fourth-order valence-electron chi connectivity index (χ4n) is 2.12. The zero-order valence-electron chi connectivity index (χ0n) is 11.7. The van der Waals surface area contributed by atoms with Crippen molar-refractivity contribution in [3.8, 4) is 5.75 Å². The average molecular weight is 272 g/mol. The monoisotopic (exact) mass is 272 g/mol. The number of benzene rings is 2. The number of carbonyl (C=O) groups excluding carboxylic acids is 1. The maximum atomic E-state index is 13.0. The zero-order chi connectivity index (χ0) is 14.5. The zero-order valence-corrected chi connectivity index (χ0v) is 11.7. The summed E-state index contributed by atoms with van der Waals surface area (Å²) in [6.45, 7) is 1.75. The molecule has 0 bridgehead atoms. The van der Waals surface area contributed by atoms with E-state index in [1.54, 1.807) is 20.1 Å². The average Bonchev–Trinajstić information content (AvgIpc) is 2.45. The van der Waals surface area contributed by atoms with Gasteiger partial charge in [-0.05, 0) is 54.8 Å². The van der Waals surface area contributed by atoms with Gasteiger partial charge in [-0.3, -0.25) is 4.79 Å². The Morgan fingerprint density at radius 3 is 2.45 bits per heavy atom. The summed E-state index contributed by atoms with van der Waals surface area (Å²) in [7, 11) is 1.62. The third-order valence-corrected chi connectivity index (χ3v) is 3.29. The van der Waals surface area contributed by atoms with Crippen LogP contribution in [0.25, 0.3) is 0 Å². The van der Waals surface area contributed by atoms with Crippen molar-refractivity contribution in [1.82, 2.24) is 0 Å². The van der Waals surface area contributed by atoms with Crippen LogP contribution in [0.2, 0.25) is 0 Å². The summed E-state index contributed by atoms with van der Waals surface area (Å²) in [6, 6.07) is 11.9. The number of ether oxygens (including phenoxy) is 1. The molecule has 0 aliphatic carbocycles. The topological polar surface area (TPSA) is 26.3 Å². The molecular formula is C17H17FO2. The normalized spacial score (nSPS) is 10.3. The van der Waals surface area contributed by atoms with Crippen molar-refractivity contribution >= 4 is 5.78 Å². The molecule has 0 heterocycles. The fourth-order valence-corrected chi connectivity index (χ4v) is 2.12. The van der Waals surface area contributed by atoms with E-state index in [-0.39, 0.29) is 11.6 Å². The predicted molar refractivity (Wildman–Crippen MR) is 76.8 cm³/mol. The lowest BCUT2D eigenvalue weighted by atomic mass is 9.99. The molecule has 0 atom stereocenters. The summed E-state index contributed by atoms with van der Waals surface area (Å²) >= 11 is 0. The maximum Gasteiger partial charge on any atom is 0.163 e. The van der Waals surface area contributed by atoms with Crippen LogP contribution in [0.1, 0.15) is 27.9 Å². The SMILES string of the molecule is COc1ccc(CCC(=O)c2ccc(F)cc2C)cc1. The molecule has 0 aliphatic heterocycles. The Hall–Kier alpha value is -2.16.